The molecule has 1 aromatic heterocycles. The van der Waals surface area contributed by atoms with Gasteiger partial charge in [0, 0.05) is 29.7 Å². The van der Waals surface area contributed by atoms with E-state index in [1.807, 2.05) is 12.1 Å². The number of pyridine rings is 1. The maximum Gasteiger partial charge on any atom is 0.152 e. The summed E-state index contributed by atoms with van der Waals surface area (Å²) in [5.74, 6) is -0.101. The molecule has 0 spiro atoms. The normalized spacial score (nSPS) is 20.0. The Morgan fingerprint density at radius 1 is 1.04 bits per heavy atom. The van der Waals surface area contributed by atoms with E-state index in [1.54, 1.807) is 18.3 Å². The van der Waals surface area contributed by atoms with Crippen molar-refractivity contribution in [3.05, 3.63) is 52.6 Å². The molecule has 27 heavy (non-hydrogen) atoms. The van der Waals surface area contributed by atoms with E-state index < -0.39 is 0 Å². The minimum Gasteiger partial charge on any atom is -0.505 e. The molecule has 1 aliphatic rings. The van der Waals surface area contributed by atoms with Gasteiger partial charge in [-0.25, -0.2) is 0 Å². The van der Waals surface area contributed by atoms with Crippen LogP contribution >= 0.6 is 23.2 Å². The van der Waals surface area contributed by atoms with E-state index in [4.69, 9.17) is 28.9 Å². The first kappa shape index (κ1) is 18.4. The zero-order chi connectivity index (χ0) is 19.0. The van der Waals surface area contributed by atoms with Crippen LogP contribution in [-0.4, -0.2) is 22.2 Å². The van der Waals surface area contributed by atoms with Crippen molar-refractivity contribution in [3.8, 4) is 16.9 Å². The third-order valence-electron chi connectivity index (χ3n) is 5.15. The quantitative estimate of drug-likeness (QED) is 0.550. The molecule has 1 fully saturated rings. The fraction of sp³-hybridized carbons (Fsp3) is 0.286. The number of nitrogens with one attached hydrogen (secondary N) is 1. The van der Waals surface area contributed by atoms with Gasteiger partial charge >= 0.3 is 0 Å². The Morgan fingerprint density at radius 2 is 1.74 bits per heavy atom. The highest BCUT2D eigenvalue weighted by Crippen LogP contribution is 2.37. The maximum absolute atomic E-state index is 9.80. The first-order valence-electron chi connectivity index (χ1n) is 9.02. The van der Waals surface area contributed by atoms with E-state index in [9.17, 15) is 5.11 Å². The van der Waals surface area contributed by atoms with E-state index in [2.05, 4.69) is 22.4 Å². The molecule has 0 bridgehead atoms. The summed E-state index contributed by atoms with van der Waals surface area (Å²) < 4.78 is 0. The summed E-state index contributed by atoms with van der Waals surface area (Å²) in [5.41, 5.74) is 9.63. The smallest absolute Gasteiger partial charge is 0.152 e. The van der Waals surface area contributed by atoms with E-state index in [0.717, 1.165) is 53.4 Å². The minimum atomic E-state index is -0.101. The molecule has 4 nitrogen and oxygen atoms in total. The lowest BCUT2D eigenvalue weighted by Crippen LogP contribution is -2.32. The van der Waals surface area contributed by atoms with Gasteiger partial charge in [0.25, 0.3) is 0 Å². The largest absolute Gasteiger partial charge is 0.505 e. The highest BCUT2D eigenvalue weighted by Gasteiger charge is 2.19. The number of nitrogens with zero attached hydrogens (tertiary/aromatic N) is 1. The zero-order valence-corrected chi connectivity index (χ0v) is 16.2. The number of phenols is 1. The lowest BCUT2D eigenvalue weighted by molar-refractivity contribution is 0.411. The van der Waals surface area contributed by atoms with Crippen LogP contribution in [0.25, 0.3) is 22.0 Å². The Labute approximate surface area is 168 Å². The molecule has 4 rings (SSSR count). The van der Waals surface area contributed by atoms with Gasteiger partial charge in [-0.1, -0.05) is 29.3 Å². The van der Waals surface area contributed by atoms with Gasteiger partial charge in [-0.05, 0) is 61.1 Å². The van der Waals surface area contributed by atoms with Crippen molar-refractivity contribution in [3.63, 3.8) is 0 Å². The van der Waals surface area contributed by atoms with Crippen molar-refractivity contribution >= 4 is 39.8 Å². The number of anilines is 1. The maximum atomic E-state index is 9.80. The molecule has 0 saturated heterocycles. The van der Waals surface area contributed by atoms with E-state index in [0.29, 0.717) is 12.1 Å². The van der Waals surface area contributed by atoms with Gasteiger partial charge in [-0.15, -0.1) is 0 Å². The SMILES string of the molecule is N[C@H]1CC[C@H](Nc2[c]cnc3ccc(-c4cc(Cl)c(O)c(Cl)c4)cc23)CC1. The summed E-state index contributed by atoms with van der Waals surface area (Å²) in [6, 6.07) is 13.4. The Morgan fingerprint density at radius 3 is 2.44 bits per heavy atom. The third-order valence-corrected chi connectivity index (χ3v) is 5.73. The Bertz CT molecular complexity index is 961. The number of nitrogens with two attached hydrogens (primary N) is 1. The standard InChI is InChI=1S/C21H20Cl2N3O/c22-17-10-13(11-18(23)21(17)27)12-1-6-19-16(9-12)20(7-8-25-19)26-15-4-2-14(24)3-5-15/h1,6,8-11,14-15,27H,2-5,24H2,(H,25,26)/t14-,15-. The minimum absolute atomic E-state index is 0.101. The van der Waals surface area contributed by atoms with Crippen LogP contribution in [0.4, 0.5) is 5.69 Å². The average molecular weight is 401 g/mol. The molecule has 1 aliphatic carbocycles. The average Bonchev–Trinajstić information content (AvgIpc) is 2.67. The van der Waals surface area contributed by atoms with Crippen LogP contribution < -0.4 is 11.1 Å². The van der Waals surface area contributed by atoms with Gasteiger partial charge in [0.15, 0.2) is 5.75 Å². The summed E-state index contributed by atoms with van der Waals surface area (Å²) in [5, 5.41) is 14.9. The van der Waals surface area contributed by atoms with Gasteiger partial charge < -0.3 is 16.2 Å². The molecule has 0 unspecified atom stereocenters. The molecule has 1 radical (unpaired) electrons. The third kappa shape index (κ3) is 3.84. The van der Waals surface area contributed by atoms with Crippen LogP contribution in [-0.2, 0) is 0 Å². The van der Waals surface area contributed by atoms with Crippen molar-refractivity contribution in [1.82, 2.24) is 4.98 Å². The number of aromatic nitrogens is 1. The topological polar surface area (TPSA) is 71.2 Å². The molecule has 3 aromatic rings. The van der Waals surface area contributed by atoms with Gasteiger partial charge in [0.05, 0.1) is 21.2 Å². The molecule has 1 saturated carbocycles. The van der Waals surface area contributed by atoms with E-state index in [1.165, 1.54) is 0 Å². The highest BCUT2D eigenvalue weighted by molar-refractivity contribution is 6.37. The van der Waals surface area contributed by atoms with Crippen LogP contribution in [0.5, 0.6) is 5.75 Å². The number of phenolic OH excluding ortho intramolecular Hbond substituents is 1. The molecule has 0 aliphatic heterocycles. The van der Waals surface area contributed by atoms with Gasteiger partial charge in [0.2, 0.25) is 0 Å². The van der Waals surface area contributed by atoms with Crippen LogP contribution in [0.3, 0.4) is 0 Å². The van der Waals surface area contributed by atoms with Gasteiger partial charge in [0.1, 0.15) is 0 Å². The van der Waals surface area contributed by atoms with Gasteiger partial charge in [-0.2, -0.15) is 0 Å². The van der Waals surface area contributed by atoms with Crippen LogP contribution in [0.1, 0.15) is 25.7 Å². The summed E-state index contributed by atoms with van der Waals surface area (Å²) >= 11 is 12.2. The lowest BCUT2D eigenvalue weighted by Gasteiger charge is -2.28. The van der Waals surface area contributed by atoms with Gasteiger partial charge in [-0.3, -0.25) is 4.98 Å². The summed E-state index contributed by atoms with van der Waals surface area (Å²) in [6.45, 7) is 0. The fourth-order valence-corrected chi connectivity index (χ4v) is 4.08. The number of hydrogen-bond donors (Lipinski definition) is 3. The van der Waals surface area contributed by atoms with Crippen LogP contribution in [0.2, 0.25) is 10.0 Å². The van der Waals surface area contributed by atoms with Crippen molar-refractivity contribution < 1.29 is 5.11 Å². The predicted molar refractivity (Wildman–Crippen MR) is 112 cm³/mol. The number of benzene rings is 2. The second kappa shape index (κ2) is 7.55. The molecule has 139 valence electrons. The van der Waals surface area contributed by atoms with E-state index in [-0.39, 0.29) is 15.8 Å². The van der Waals surface area contributed by atoms with Crippen molar-refractivity contribution in [1.29, 1.82) is 0 Å². The fourth-order valence-electron chi connectivity index (χ4n) is 3.59. The molecule has 4 N–H and O–H groups in total. The molecule has 6 heteroatoms. The number of aromatic hydroxyl groups is 1. The number of fused-ring (bicyclic) bond motifs is 1. The number of hydrogen-bond acceptors (Lipinski definition) is 4. The first-order chi connectivity index (χ1) is 13.0. The summed E-state index contributed by atoms with van der Waals surface area (Å²) in [4.78, 5) is 4.42. The lowest BCUT2D eigenvalue weighted by atomic mass is 9.91. The van der Waals surface area contributed by atoms with Crippen LogP contribution in [0, 0.1) is 6.07 Å². The van der Waals surface area contributed by atoms with E-state index >= 15 is 0 Å². The molecule has 1 heterocycles. The first-order valence-corrected chi connectivity index (χ1v) is 9.78. The zero-order valence-electron chi connectivity index (χ0n) is 14.7. The second-order valence-electron chi connectivity index (χ2n) is 7.05. The molecule has 0 atom stereocenters. The molecule has 2 aromatic carbocycles. The number of rotatable bonds is 3. The van der Waals surface area contributed by atoms with Crippen molar-refractivity contribution in [2.75, 3.05) is 5.32 Å². The summed E-state index contributed by atoms with van der Waals surface area (Å²) in [7, 11) is 0. The van der Waals surface area contributed by atoms with Crippen LogP contribution in [0.15, 0.2) is 36.5 Å². The Kier molecular flexibility index (Phi) is 5.13. The van der Waals surface area contributed by atoms with Crippen molar-refractivity contribution in [2.45, 2.75) is 37.8 Å². The molecular weight excluding hydrogens is 381 g/mol. The predicted octanol–water partition coefficient (Wildman–Crippen LogP) is 5.40. The molecular formula is C21H20Cl2N3O. The number of halogens is 2. The summed E-state index contributed by atoms with van der Waals surface area (Å²) in [6.07, 6.45) is 5.89. The Hall–Kier alpha value is -2.01. The van der Waals surface area contributed by atoms with Crippen molar-refractivity contribution in [2.24, 2.45) is 5.73 Å². The monoisotopic (exact) mass is 400 g/mol. The Balaban J connectivity index is 1.71. The second-order valence-corrected chi connectivity index (χ2v) is 7.87. The highest BCUT2D eigenvalue weighted by atomic mass is 35.5. The molecule has 0 amide bonds.